The highest BCUT2D eigenvalue weighted by atomic mass is 16.6. The monoisotopic (exact) mass is 241 g/mol. The number of furan rings is 1. The molecule has 0 spiro atoms. The van der Waals surface area contributed by atoms with Crippen LogP contribution in [0, 0.1) is 10.1 Å². The van der Waals surface area contributed by atoms with E-state index in [1.54, 1.807) is 0 Å². The lowest BCUT2D eigenvalue weighted by molar-refractivity contribution is -0.432. The molecule has 0 aliphatic carbocycles. The largest absolute Gasteiger partial charge is 0.472 e. The molecule has 1 aromatic rings. The van der Waals surface area contributed by atoms with Crippen molar-refractivity contribution in [1.29, 1.82) is 0 Å². The number of esters is 1. The molecule has 0 aliphatic heterocycles. The molecule has 7 nitrogen and oxygen atoms in total. The first-order chi connectivity index (χ1) is 8.06. The molecule has 1 unspecified atom stereocenters. The number of aliphatic hydroxyl groups is 1. The maximum absolute atomic E-state index is 11.2. The Morgan fingerprint density at radius 1 is 1.76 bits per heavy atom. The summed E-state index contributed by atoms with van der Waals surface area (Å²) in [7, 11) is 0. The van der Waals surface area contributed by atoms with Gasteiger partial charge >= 0.3 is 5.97 Å². The molecule has 17 heavy (non-hydrogen) atoms. The van der Waals surface area contributed by atoms with E-state index >= 15 is 0 Å². The Kier molecular flexibility index (Phi) is 4.41. The molecular weight excluding hydrogens is 230 g/mol. The van der Waals surface area contributed by atoms with Crippen LogP contribution in [0.3, 0.4) is 0 Å². The van der Waals surface area contributed by atoms with Gasteiger partial charge in [-0.25, -0.2) is 4.79 Å². The second-order valence-electron chi connectivity index (χ2n) is 3.04. The van der Waals surface area contributed by atoms with Gasteiger partial charge in [0.1, 0.15) is 0 Å². The first-order valence-corrected chi connectivity index (χ1v) is 4.79. The molecule has 0 bridgehead atoms. The number of rotatable bonds is 5. The Balaban J connectivity index is 2.94. The van der Waals surface area contributed by atoms with Crippen molar-refractivity contribution >= 4 is 12.0 Å². The van der Waals surface area contributed by atoms with Crippen LogP contribution in [0.2, 0.25) is 0 Å². The Morgan fingerprint density at radius 2 is 2.47 bits per heavy atom. The van der Waals surface area contributed by atoms with E-state index in [2.05, 4.69) is 4.74 Å². The highest BCUT2D eigenvalue weighted by Crippen LogP contribution is 2.12. The molecule has 1 rings (SSSR count). The first-order valence-electron chi connectivity index (χ1n) is 4.79. The maximum Gasteiger partial charge on any atom is 0.346 e. The van der Waals surface area contributed by atoms with E-state index < -0.39 is 22.7 Å². The van der Waals surface area contributed by atoms with Crippen molar-refractivity contribution in [2.24, 2.45) is 0 Å². The van der Waals surface area contributed by atoms with Crippen LogP contribution < -0.4 is 0 Å². The highest BCUT2D eigenvalue weighted by Gasteiger charge is 2.30. The Bertz CT molecular complexity index is 422. The molecule has 0 amide bonds. The minimum absolute atomic E-state index is 0.0343. The van der Waals surface area contributed by atoms with E-state index in [-0.39, 0.29) is 6.61 Å². The van der Waals surface area contributed by atoms with Gasteiger partial charge in [-0.2, -0.15) is 0 Å². The van der Waals surface area contributed by atoms with Crippen molar-refractivity contribution in [3.63, 3.8) is 0 Å². The summed E-state index contributed by atoms with van der Waals surface area (Å²) in [6.45, 7) is 1.57. The Labute approximate surface area is 96.4 Å². The van der Waals surface area contributed by atoms with Crippen LogP contribution >= 0.6 is 0 Å². The molecule has 0 fully saturated rings. The number of aliphatic hydroxyl groups excluding tert-OH is 1. The maximum atomic E-state index is 11.2. The van der Waals surface area contributed by atoms with Crippen molar-refractivity contribution in [1.82, 2.24) is 0 Å². The molecule has 1 atom stereocenters. The summed E-state index contributed by atoms with van der Waals surface area (Å²) in [6, 6.07) is 1.46. The molecule has 0 aromatic carbocycles. The predicted octanol–water partition coefficient (Wildman–Crippen LogP) is 0.821. The molecule has 0 radical (unpaired) electrons. The summed E-state index contributed by atoms with van der Waals surface area (Å²) in [5.74, 6) is -1.06. The molecule has 0 saturated carbocycles. The fraction of sp³-hybridized carbons (Fsp3) is 0.300. The van der Waals surface area contributed by atoms with Crippen molar-refractivity contribution < 1.29 is 24.0 Å². The number of ether oxygens (including phenoxy) is 1. The second-order valence-corrected chi connectivity index (χ2v) is 3.04. The first kappa shape index (κ1) is 12.9. The average Bonchev–Trinajstić information content (AvgIpc) is 2.77. The van der Waals surface area contributed by atoms with Gasteiger partial charge < -0.3 is 14.3 Å². The average molecular weight is 241 g/mol. The molecule has 1 aromatic heterocycles. The summed E-state index contributed by atoms with van der Waals surface area (Å²) in [6.07, 6.45) is 1.70. The van der Waals surface area contributed by atoms with Crippen LogP contribution in [0.25, 0.3) is 6.08 Å². The molecule has 0 saturated heterocycles. The Hall–Kier alpha value is -2.15. The zero-order valence-corrected chi connectivity index (χ0v) is 9.03. The lowest BCUT2D eigenvalue weighted by atomic mass is 10.2. The summed E-state index contributed by atoms with van der Waals surface area (Å²) in [5.41, 5.74) is -0.287. The summed E-state index contributed by atoms with van der Waals surface area (Å²) in [5, 5.41) is 20.2. The fourth-order valence-electron chi connectivity index (χ4n) is 1.10. The zero-order chi connectivity index (χ0) is 12.8. The van der Waals surface area contributed by atoms with E-state index in [0.717, 1.165) is 6.08 Å². The zero-order valence-electron chi connectivity index (χ0n) is 9.03. The van der Waals surface area contributed by atoms with Crippen molar-refractivity contribution in [2.45, 2.75) is 13.0 Å². The number of carbonyl (C=O) groups is 1. The van der Waals surface area contributed by atoms with Gasteiger partial charge in [0.25, 0.3) is 5.70 Å². The fourth-order valence-corrected chi connectivity index (χ4v) is 1.10. The third-order valence-electron chi connectivity index (χ3n) is 1.86. The third kappa shape index (κ3) is 3.42. The van der Waals surface area contributed by atoms with Crippen molar-refractivity contribution in [2.75, 3.05) is 6.61 Å². The molecule has 7 heteroatoms. The van der Waals surface area contributed by atoms with Crippen LogP contribution in [0.15, 0.2) is 28.7 Å². The third-order valence-corrected chi connectivity index (χ3v) is 1.86. The number of nitro groups is 1. The summed E-state index contributed by atoms with van der Waals surface area (Å²) >= 11 is 0. The molecule has 1 N–H and O–H groups in total. The lowest BCUT2D eigenvalue weighted by Crippen LogP contribution is -2.28. The van der Waals surface area contributed by atoms with Crippen LogP contribution in [0.1, 0.15) is 12.5 Å². The van der Waals surface area contributed by atoms with Gasteiger partial charge in [0.2, 0.25) is 6.10 Å². The van der Waals surface area contributed by atoms with Crippen LogP contribution in [-0.2, 0) is 9.53 Å². The van der Waals surface area contributed by atoms with E-state index in [4.69, 9.17) is 4.42 Å². The number of carbonyl (C=O) groups excluding carboxylic acids is 1. The SMILES string of the molecule is CCOC(=O)C(O)/C(=C\c1ccoc1)[N+](=O)[O-]. The smallest absolute Gasteiger partial charge is 0.346 e. The molecule has 1 heterocycles. The highest BCUT2D eigenvalue weighted by molar-refractivity contribution is 5.79. The Morgan fingerprint density at radius 3 is 2.94 bits per heavy atom. The number of hydrogen-bond donors (Lipinski definition) is 1. The van der Waals surface area contributed by atoms with Gasteiger partial charge in [0.15, 0.2) is 0 Å². The van der Waals surface area contributed by atoms with E-state index in [1.807, 2.05) is 0 Å². The van der Waals surface area contributed by atoms with Crippen LogP contribution in [0.4, 0.5) is 0 Å². The van der Waals surface area contributed by atoms with Gasteiger partial charge in [-0.3, -0.25) is 10.1 Å². The second kappa shape index (κ2) is 5.80. The van der Waals surface area contributed by atoms with E-state index in [1.165, 1.54) is 25.5 Å². The predicted molar refractivity (Wildman–Crippen MR) is 56.3 cm³/mol. The van der Waals surface area contributed by atoms with E-state index in [0.29, 0.717) is 5.56 Å². The minimum atomic E-state index is -1.92. The van der Waals surface area contributed by atoms with Crippen molar-refractivity contribution in [3.8, 4) is 0 Å². The van der Waals surface area contributed by atoms with Crippen molar-refractivity contribution in [3.05, 3.63) is 40.0 Å². The number of nitrogens with zero attached hydrogens (tertiary/aromatic N) is 1. The van der Waals surface area contributed by atoms with Gasteiger partial charge in [-0.15, -0.1) is 0 Å². The summed E-state index contributed by atoms with van der Waals surface area (Å²) in [4.78, 5) is 21.1. The van der Waals surface area contributed by atoms with Crippen LogP contribution in [0.5, 0.6) is 0 Å². The van der Waals surface area contributed by atoms with Gasteiger partial charge in [0, 0.05) is 11.6 Å². The topological polar surface area (TPSA) is 103 Å². The summed E-state index contributed by atoms with van der Waals surface area (Å²) < 4.78 is 9.21. The quantitative estimate of drug-likeness (QED) is 0.465. The van der Waals surface area contributed by atoms with Gasteiger partial charge in [-0.05, 0) is 13.0 Å². The number of hydrogen-bond acceptors (Lipinski definition) is 6. The molecule has 92 valence electrons. The molecular formula is C10H11NO6. The minimum Gasteiger partial charge on any atom is -0.472 e. The van der Waals surface area contributed by atoms with Crippen LogP contribution in [-0.4, -0.2) is 28.7 Å². The normalized spacial score (nSPS) is 13.2. The van der Waals surface area contributed by atoms with E-state index in [9.17, 15) is 20.0 Å². The standard InChI is InChI=1S/C10H11NO6/c1-2-17-10(13)9(12)8(11(14)15)5-7-3-4-16-6-7/h3-6,9,12H,2H2,1H3/b8-5+. The van der Waals surface area contributed by atoms with Gasteiger partial charge in [-0.1, -0.05) is 0 Å². The molecule has 0 aliphatic rings. The lowest BCUT2D eigenvalue weighted by Gasteiger charge is -2.06. The van der Waals surface area contributed by atoms with Gasteiger partial charge in [0.05, 0.1) is 24.1 Å².